The highest BCUT2D eigenvalue weighted by atomic mass is 32.2. The molecule has 30 heavy (non-hydrogen) atoms. The zero-order chi connectivity index (χ0) is 22.3. The van der Waals surface area contributed by atoms with Gasteiger partial charge in [0.1, 0.15) is 0 Å². The minimum absolute atomic E-state index is 0.0334. The molecule has 3 rings (SSSR count). The van der Waals surface area contributed by atoms with Gasteiger partial charge >= 0.3 is 0 Å². The van der Waals surface area contributed by atoms with Crippen molar-refractivity contribution in [3.8, 4) is 0 Å². The second-order valence-corrected chi connectivity index (χ2v) is 12.1. The first-order valence-electron chi connectivity index (χ1n) is 10.8. The smallest absolute Gasteiger partial charge is 0.192 e. The van der Waals surface area contributed by atoms with Crippen molar-refractivity contribution in [2.75, 3.05) is 6.61 Å². The van der Waals surface area contributed by atoms with Crippen LogP contribution in [0.2, 0.25) is 0 Å². The van der Waals surface area contributed by atoms with Gasteiger partial charge in [0.15, 0.2) is 5.79 Å². The summed E-state index contributed by atoms with van der Waals surface area (Å²) in [5.41, 5.74) is 2.24. The highest BCUT2D eigenvalue weighted by Gasteiger charge is 2.46. The molecule has 1 fully saturated rings. The van der Waals surface area contributed by atoms with Crippen LogP contribution in [0.4, 0.5) is 0 Å². The molecule has 1 saturated heterocycles. The van der Waals surface area contributed by atoms with Crippen molar-refractivity contribution in [3.05, 3.63) is 59.7 Å². The largest absolute Gasteiger partial charge is 0.345 e. The number of hydrogen-bond donors (Lipinski definition) is 0. The Morgan fingerprint density at radius 2 is 1.43 bits per heavy atom. The Morgan fingerprint density at radius 1 is 0.933 bits per heavy atom. The van der Waals surface area contributed by atoms with Crippen LogP contribution in [0, 0.1) is 11.3 Å². The van der Waals surface area contributed by atoms with E-state index >= 15 is 0 Å². The highest BCUT2D eigenvalue weighted by molar-refractivity contribution is 7.85. The molecule has 164 valence electrons. The lowest BCUT2D eigenvalue weighted by Gasteiger charge is -2.49. The molecule has 2 aromatic rings. The van der Waals surface area contributed by atoms with Gasteiger partial charge in [0.05, 0.1) is 23.5 Å². The van der Waals surface area contributed by atoms with E-state index < -0.39 is 16.6 Å². The zero-order valence-electron chi connectivity index (χ0n) is 19.6. The Morgan fingerprint density at radius 3 is 1.90 bits per heavy atom. The molecule has 0 spiro atoms. The van der Waals surface area contributed by atoms with Crippen LogP contribution in [0.1, 0.15) is 66.5 Å². The molecule has 3 nitrogen and oxygen atoms in total. The number of rotatable bonds is 4. The molecule has 1 aliphatic heterocycles. The third kappa shape index (κ3) is 4.71. The summed E-state index contributed by atoms with van der Waals surface area (Å²) < 4.78 is 25.7. The minimum atomic E-state index is -1.22. The number of ether oxygens (including phenoxy) is 2. The van der Waals surface area contributed by atoms with E-state index in [1.54, 1.807) is 0 Å². The first-order valence-corrected chi connectivity index (χ1v) is 11.9. The Kier molecular flexibility index (Phi) is 6.35. The van der Waals surface area contributed by atoms with Crippen molar-refractivity contribution in [2.45, 2.75) is 82.5 Å². The Bertz CT molecular complexity index is 891. The third-order valence-electron chi connectivity index (χ3n) is 5.97. The van der Waals surface area contributed by atoms with Gasteiger partial charge in [-0.05, 0) is 48.1 Å². The predicted octanol–water partition coefficient (Wildman–Crippen LogP) is 6.42. The maximum atomic E-state index is 13.0. The second-order valence-electron chi connectivity index (χ2n) is 10.6. The van der Waals surface area contributed by atoms with E-state index in [1.807, 2.05) is 43.3 Å². The second kappa shape index (κ2) is 8.22. The monoisotopic (exact) mass is 428 g/mol. The normalized spacial score (nSPS) is 25.3. The molecule has 0 amide bonds. The molecule has 1 aliphatic rings. The summed E-state index contributed by atoms with van der Waals surface area (Å²) in [5.74, 6) is -0.398. The van der Waals surface area contributed by atoms with E-state index in [4.69, 9.17) is 9.47 Å². The van der Waals surface area contributed by atoms with E-state index in [1.165, 1.54) is 5.56 Å². The lowest BCUT2D eigenvalue weighted by atomic mass is 9.80. The lowest BCUT2D eigenvalue weighted by Crippen LogP contribution is -2.52. The van der Waals surface area contributed by atoms with E-state index in [-0.39, 0.29) is 16.9 Å². The van der Waals surface area contributed by atoms with Crippen LogP contribution in [0.3, 0.4) is 0 Å². The molecule has 3 atom stereocenters. The molecule has 1 heterocycles. The van der Waals surface area contributed by atoms with Crippen molar-refractivity contribution >= 4 is 10.8 Å². The molecule has 0 bridgehead atoms. The Balaban J connectivity index is 1.80. The molecule has 0 aliphatic carbocycles. The number of hydrogen-bond acceptors (Lipinski definition) is 3. The van der Waals surface area contributed by atoms with Gasteiger partial charge in [0.2, 0.25) is 0 Å². The quantitative estimate of drug-likeness (QED) is 0.563. The summed E-state index contributed by atoms with van der Waals surface area (Å²) in [6, 6.07) is 15.9. The van der Waals surface area contributed by atoms with Gasteiger partial charge < -0.3 is 9.47 Å². The molecule has 0 radical (unpaired) electrons. The first-order chi connectivity index (χ1) is 13.8. The molecule has 2 aromatic carbocycles. The highest BCUT2D eigenvalue weighted by Crippen LogP contribution is 2.43. The Labute approximate surface area is 184 Å². The standard InChI is InChI=1S/C26H36O3S/c1-18(2)23-25(6,7)17-28-26(8,29-23)20-11-15-22(16-12-20)30(27)21-13-9-19(10-14-21)24(3,4)5/h9-16,18,23H,17H2,1-8H3. The van der Waals surface area contributed by atoms with Crippen LogP contribution in [0.15, 0.2) is 58.3 Å². The summed E-state index contributed by atoms with van der Waals surface area (Å²) in [5, 5.41) is 0. The van der Waals surface area contributed by atoms with Gasteiger partial charge in [-0.3, -0.25) is 0 Å². The Hall–Kier alpha value is -1.49. The van der Waals surface area contributed by atoms with Gasteiger partial charge in [-0.15, -0.1) is 0 Å². The van der Waals surface area contributed by atoms with Crippen molar-refractivity contribution in [1.29, 1.82) is 0 Å². The van der Waals surface area contributed by atoms with Crippen LogP contribution in [0.5, 0.6) is 0 Å². The maximum absolute atomic E-state index is 13.0. The molecule has 0 N–H and O–H groups in total. The van der Waals surface area contributed by atoms with E-state index in [0.717, 1.165) is 15.4 Å². The van der Waals surface area contributed by atoms with Crippen LogP contribution in [-0.2, 0) is 31.5 Å². The fraction of sp³-hybridized carbons (Fsp3) is 0.538. The molecular weight excluding hydrogens is 392 g/mol. The number of benzene rings is 2. The molecule has 4 heteroatoms. The van der Waals surface area contributed by atoms with Crippen molar-refractivity contribution < 1.29 is 13.7 Å². The fourth-order valence-corrected chi connectivity index (χ4v) is 5.17. The average Bonchev–Trinajstić information content (AvgIpc) is 2.69. The van der Waals surface area contributed by atoms with Crippen LogP contribution in [-0.4, -0.2) is 16.9 Å². The molecule has 3 unspecified atom stereocenters. The van der Waals surface area contributed by atoms with Gasteiger partial charge in [-0.25, -0.2) is 4.21 Å². The SMILES string of the molecule is CC(C)C1OC(C)(c2ccc(S(=O)c3ccc(C(C)(C)C)cc3)cc2)OCC1(C)C. The molecule has 0 saturated carbocycles. The van der Waals surface area contributed by atoms with Crippen LogP contribution in [0.25, 0.3) is 0 Å². The topological polar surface area (TPSA) is 35.5 Å². The third-order valence-corrected chi connectivity index (χ3v) is 7.38. The predicted molar refractivity (Wildman–Crippen MR) is 123 cm³/mol. The van der Waals surface area contributed by atoms with Crippen molar-refractivity contribution in [2.24, 2.45) is 11.3 Å². The van der Waals surface area contributed by atoms with Gasteiger partial charge in [-0.2, -0.15) is 0 Å². The summed E-state index contributed by atoms with van der Waals surface area (Å²) >= 11 is 0. The lowest BCUT2D eigenvalue weighted by molar-refractivity contribution is -0.337. The summed E-state index contributed by atoms with van der Waals surface area (Å²) in [7, 11) is -1.22. The van der Waals surface area contributed by atoms with E-state index in [2.05, 4.69) is 60.6 Å². The van der Waals surface area contributed by atoms with Crippen LogP contribution < -0.4 is 0 Å². The van der Waals surface area contributed by atoms with Crippen molar-refractivity contribution in [1.82, 2.24) is 0 Å². The molecular formula is C26H36O3S. The minimum Gasteiger partial charge on any atom is -0.345 e. The van der Waals surface area contributed by atoms with Crippen molar-refractivity contribution in [3.63, 3.8) is 0 Å². The van der Waals surface area contributed by atoms with Gasteiger partial charge in [0.25, 0.3) is 0 Å². The maximum Gasteiger partial charge on any atom is 0.192 e. The summed E-state index contributed by atoms with van der Waals surface area (Å²) in [6.07, 6.45) is 0.103. The molecule has 0 aromatic heterocycles. The van der Waals surface area contributed by atoms with Gasteiger partial charge in [-0.1, -0.05) is 72.7 Å². The average molecular weight is 429 g/mol. The van der Waals surface area contributed by atoms with E-state index in [9.17, 15) is 4.21 Å². The summed E-state index contributed by atoms with van der Waals surface area (Å²) in [6.45, 7) is 17.9. The van der Waals surface area contributed by atoms with Crippen LogP contribution >= 0.6 is 0 Å². The zero-order valence-corrected chi connectivity index (χ0v) is 20.4. The fourth-order valence-electron chi connectivity index (χ4n) is 4.13. The first kappa shape index (κ1) is 23.2. The summed E-state index contributed by atoms with van der Waals surface area (Å²) in [4.78, 5) is 1.59. The van der Waals surface area contributed by atoms with E-state index in [0.29, 0.717) is 12.5 Å². The van der Waals surface area contributed by atoms with Gasteiger partial charge in [0, 0.05) is 20.8 Å².